The second-order valence-corrected chi connectivity index (χ2v) is 5.56. The largest absolute Gasteiger partial charge is 0.368 e. The third kappa shape index (κ3) is 2.97. The maximum atomic E-state index is 5.76. The van der Waals surface area contributed by atoms with Gasteiger partial charge in [0.05, 0.1) is 0 Å². The number of nitrogens with two attached hydrogens (primary N) is 1. The highest BCUT2D eigenvalue weighted by atomic mass is 35.5. The number of nitrogen functional groups attached to an aromatic ring is 1. The molecule has 94 valence electrons. The van der Waals surface area contributed by atoms with Crippen LogP contribution < -0.4 is 11.1 Å². The minimum Gasteiger partial charge on any atom is -0.368 e. The van der Waals surface area contributed by atoms with Gasteiger partial charge in [-0.05, 0) is 29.9 Å². The molecule has 5 nitrogen and oxygen atoms in total. The van der Waals surface area contributed by atoms with Crippen LogP contribution in [0.15, 0.2) is 0 Å². The molecule has 3 N–H and O–H groups in total. The van der Waals surface area contributed by atoms with Crippen molar-refractivity contribution in [1.29, 1.82) is 0 Å². The Morgan fingerprint density at radius 2 is 2.06 bits per heavy atom. The van der Waals surface area contributed by atoms with E-state index in [9.17, 15) is 0 Å². The zero-order valence-electron chi connectivity index (χ0n) is 10.2. The molecule has 1 aliphatic rings. The van der Waals surface area contributed by atoms with Gasteiger partial charge < -0.3 is 11.1 Å². The molecule has 1 aliphatic carbocycles. The molecule has 0 aliphatic heterocycles. The zero-order valence-corrected chi connectivity index (χ0v) is 11.0. The fourth-order valence-electron chi connectivity index (χ4n) is 2.35. The van der Waals surface area contributed by atoms with Gasteiger partial charge in [-0.2, -0.15) is 15.0 Å². The Balaban J connectivity index is 2.14. The number of rotatable bonds is 2. The minimum atomic E-state index is 0.133. The van der Waals surface area contributed by atoms with E-state index in [1.54, 1.807) is 0 Å². The first kappa shape index (κ1) is 12.4. The van der Waals surface area contributed by atoms with E-state index in [2.05, 4.69) is 34.1 Å². The van der Waals surface area contributed by atoms with Gasteiger partial charge in [0.25, 0.3) is 0 Å². The van der Waals surface area contributed by atoms with Crippen LogP contribution in [0.1, 0.15) is 39.5 Å². The van der Waals surface area contributed by atoms with Gasteiger partial charge in [0, 0.05) is 6.04 Å². The predicted molar refractivity (Wildman–Crippen MR) is 68.9 cm³/mol. The fraction of sp³-hybridized carbons (Fsp3) is 0.727. The highest BCUT2D eigenvalue weighted by Crippen LogP contribution is 2.36. The Morgan fingerprint density at radius 1 is 1.29 bits per heavy atom. The van der Waals surface area contributed by atoms with Gasteiger partial charge >= 0.3 is 0 Å². The monoisotopic (exact) mass is 255 g/mol. The summed E-state index contributed by atoms with van der Waals surface area (Å²) in [5.74, 6) is 0.628. The average Bonchev–Trinajstić information content (AvgIpc) is 2.19. The maximum absolute atomic E-state index is 5.76. The molecule has 0 aromatic carbocycles. The molecule has 0 amide bonds. The molecule has 1 atom stereocenters. The summed E-state index contributed by atoms with van der Waals surface area (Å²) in [5, 5.41) is 3.46. The Morgan fingerprint density at radius 3 is 2.71 bits per heavy atom. The summed E-state index contributed by atoms with van der Waals surface area (Å²) in [6.45, 7) is 4.52. The average molecular weight is 256 g/mol. The quantitative estimate of drug-likeness (QED) is 0.849. The maximum Gasteiger partial charge on any atom is 0.229 e. The number of aromatic nitrogens is 3. The number of nitrogens with one attached hydrogen (secondary N) is 1. The molecule has 0 spiro atoms. The van der Waals surface area contributed by atoms with Crippen LogP contribution in [-0.4, -0.2) is 21.0 Å². The molecule has 1 saturated carbocycles. The van der Waals surface area contributed by atoms with Gasteiger partial charge in [0.15, 0.2) is 0 Å². The van der Waals surface area contributed by atoms with E-state index in [1.165, 1.54) is 19.3 Å². The lowest BCUT2D eigenvalue weighted by Gasteiger charge is -2.39. The summed E-state index contributed by atoms with van der Waals surface area (Å²) >= 11 is 5.76. The van der Waals surface area contributed by atoms with Crippen molar-refractivity contribution < 1.29 is 0 Å². The van der Waals surface area contributed by atoms with Crippen molar-refractivity contribution in [3.63, 3.8) is 0 Å². The summed E-state index contributed by atoms with van der Waals surface area (Å²) in [5.41, 5.74) is 5.79. The third-order valence-electron chi connectivity index (χ3n) is 3.44. The van der Waals surface area contributed by atoms with Crippen molar-refractivity contribution in [3.8, 4) is 0 Å². The normalized spacial score (nSPS) is 23.4. The molecule has 1 aromatic rings. The second-order valence-electron chi connectivity index (χ2n) is 5.22. The lowest BCUT2D eigenvalue weighted by molar-refractivity contribution is 0.216. The first-order valence-electron chi connectivity index (χ1n) is 5.91. The van der Waals surface area contributed by atoms with E-state index in [0.29, 0.717) is 12.0 Å². The van der Waals surface area contributed by atoms with Crippen LogP contribution in [0, 0.1) is 5.41 Å². The number of hydrogen-bond acceptors (Lipinski definition) is 5. The lowest BCUT2D eigenvalue weighted by Crippen LogP contribution is -2.39. The number of hydrogen-bond donors (Lipinski definition) is 2. The molecule has 6 heteroatoms. The molecular formula is C11H18ClN5. The van der Waals surface area contributed by atoms with Crippen LogP contribution in [0.4, 0.5) is 11.9 Å². The molecule has 0 saturated heterocycles. The lowest BCUT2D eigenvalue weighted by atomic mass is 9.73. The smallest absolute Gasteiger partial charge is 0.229 e. The first-order chi connectivity index (χ1) is 7.97. The highest BCUT2D eigenvalue weighted by Gasteiger charge is 2.32. The van der Waals surface area contributed by atoms with Crippen molar-refractivity contribution in [2.75, 3.05) is 11.1 Å². The molecule has 17 heavy (non-hydrogen) atoms. The SMILES string of the molecule is CC1(C)CCCCC1Nc1nc(N)nc(Cl)n1. The Bertz CT molecular complexity index is 387. The number of anilines is 2. The fourth-order valence-corrected chi connectivity index (χ4v) is 2.51. The number of halogens is 1. The van der Waals surface area contributed by atoms with Crippen molar-refractivity contribution in [2.24, 2.45) is 5.41 Å². The van der Waals surface area contributed by atoms with E-state index in [1.807, 2.05) is 0 Å². The molecule has 1 fully saturated rings. The van der Waals surface area contributed by atoms with E-state index >= 15 is 0 Å². The second kappa shape index (κ2) is 4.64. The predicted octanol–water partition coefficient (Wildman–Crippen LogP) is 2.49. The van der Waals surface area contributed by atoms with Crippen molar-refractivity contribution in [1.82, 2.24) is 15.0 Å². The van der Waals surface area contributed by atoms with Crippen LogP contribution in [-0.2, 0) is 0 Å². The molecule has 1 aromatic heterocycles. The van der Waals surface area contributed by atoms with Crippen LogP contribution in [0.3, 0.4) is 0 Å². The Hall–Kier alpha value is -1.10. The molecule has 2 rings (SSSR count). The van der Waals surface area contributed by atoms with Crippen LogP contribution >= 0.6 is 11.6 Å². The topological polar surface area (TPSA) is 76.7 Å². The number of nitrogens with zero attached hydrogens (tertiary/aromatic N) is 3. The van der Waals surface area contributed by atoms with E-state index in [-0.39, 0.29) is 16.6 Å². The Kier molecular flexibility index (Phi) is 3.38. The first-order valence-corrected chi connectivity index (χ1v) is 6.29. The molecule has 1 unspecified atom stereocenters. The third-order valence-corrected chi connectivity index (χ3v) is 3.61. The van der Waals surface area contributed by atoms with Gasteiger partial charge in [0.2, 0.25) is 17.2 Å². The van der Waals surface area contributed by atoms with Crippen LogP contribution in [0.5, 0.6) is 0 Å². The summed E-state index contributed by atoms with van der Waals surface area (Å²) < 4.78 is 0. The highest BCUT2D eigenvalue weighted by molar-refractivity contribution is 6.28. The molecule has 0 bridgehead atoms. The zero-order chi connectivity index (χ0) is 12.5. The van der Waals surface area contributed by atoms with Crippen molar-refractivity contribution in [3.05, 3.63) is 5.28 Å². The summed E-state index contributed by atoms with van der Waals surface area (Å²) in [7, 11) is 0. The van der Waals surface area contributed by atoms with Crippen molar-refractivity contribution in [2.45, 2.75) is 45.6 Å². The standard InChI is InChI=1S/C11H18ClN5/c1-11(2)6-4-3-5-7(11)14-10-16-8(12)15-9(13)17-10/h7H,3-6H2,1-2H3,(H3,13,14,15,16,17). The van der Waals surface area contributed by atoms with E-state index in [4.69, 9.17) is 17.3 Å². The van der Waals surface area contributed by atoms with Gasteiger partial charge in [0.1, 0.15) is 0 Å². The Labute approximate surface area is 106 Å². The van der Waals surface area contributed by atoms with Crippen LogP contribution in [0.25, 0.3) is 0 Å². The minimum absolute atomic E-state index is 0.133. The van der Waals surface area contributed by atoms with E-state index in [0.717, 1.165) is 6.42 Å². The summed E-state index contributed by atoms with van der Waals surface area (Å²) in [6, 6.07) is 0.356. The van der Waals surface area contributed by atoms with E-state index < -0.39 is 0 Å². The molecular weight excluding hydrogens is 238 g/mol. The van der Waals surface area contributed by atoms with Gasteiger partial charge in [-0.3, -0.25) is 0 Å². The summed E-state index contributed by atoms with van der Waals surface area (Å²) in [6.07, 6.45) is 4.84. The van der Waals surface area contributed by atoms with Crippen molar-refractivity contribution >= 4 is 23.5 Å². The van der Waals surface area contributed by atoms with Crippen LogP contribution in [0.2, 0.25) is 5.28 Å². The molecule has 0 radical (unpaired) electrons. The summed E-state index contributed by atoms with van der Waals surface area (Å²) in [4.78, 5) is 11.8. The molecule has 1 heterocycles. The van der Waals surface area contributed by atoms with Gasteiger partial charge in [-0.25, -0.2) is 0 Å². The van der Waals surface area contributed by atoms with Gasteiger partial charge in [-0.15, -0.1) is 0 Å². The van der Waals surface area contributed by atoms with Gasteiger partial charge in [-0.1, -0.05) is 26.7 Å².